The number of anilines is 1. The Morgan fingerprint density at radius 1 is 1.00 bits per heavy atom. The van der Waals surface area contributed by atoms with Crippen LogP contribution in [0.3, 0.4) is 0 Å². The first-order chi connectivity index (χ1) is 9.69. The van der Waals surface area contributed by atoms with E-state index in [1.54, 1.807) is 0 Å². The summed E-state index contributed by atoms with van der Waals surface area (Å²) in [4.78, 5) is 4.65. The molecule has 2 aromatic rings. The van der Waals surface area contributed by atoms with E-state index in [4.69, 9.17) is 15.2 Å². The van der Waals surface area contributed by atoms with Gasteiger partial charge in [-0.15, -0.1) is 0 Å². The molecule has 0 saturated carbocycles. The number of hydrogen-bond donors (Lipinski definition) is 1. The second kappa shape index (κ2) is 6.46. The molecule has 0 atom stereocenters. The molecule has 4 heteroatoms. The van der Waals surface area contributed by atoms with Crippen LogP contribution >= 0.6 is 0 Å². The summed E-state index contributed by atoms with van der Waals surface area (Å²) < 4.78 is 11.3. The van der Waals surface area contributed by atoms with Crippen LogP contribution in [-0.2, 0) is 6.42 Å². The van der Waals surface area contributed by atoms with Gasteiger partial charge in [-0.3, -0.25) is 4.98 Å². The number of aromatic nitrogens is 1. The molecular weight excluding hydrogens is 252 g/mol. The fourth-order valence-electron chi connectivity index (χ4n) is 2.24. The maximum atomic E-state index is 6.14. The normalized spacial score (nSPS) is 10.8. The molecule has 0 amide bonds. The molecule has 1 aromatic carbocycles. The summed E-state index contributed by atoms with van der Waals surface area (Å²) >= 11 is 0. The minimum Gasteiger partial charge on any atom is -0.490 e. The second-order valence-corrected chi connectivity index (χ2v) is 4.63. The smallest absolute Gasteiger partial charge is 0.163 e. The quantitative estimate of drug-likeness (QED) is 0.875. The first-order valence-corrected chi connectivity index (χ1v) is 7.18. The zero-order valence-corrected chi connectivity index (χ0v) is 12.4. The second-order valence-electron chi connectivity index (χ2n) is 4.63. The van der Waals surface area contributed by atoms with Gasteiger partial charge in [0.25, 0.3) is 0 Å². The number of nitrogens with zero attached hydrogens (tertiary/aromatic N) is 1. The van der Waals surface area contributed by atoms with Gasteiger partial charge in [0, 0.05) is 22.8 Å². The molecule has 0 aliphatic carbocycles. The number of ether oxygens (including phenoxy) is 2. The van der Waals surface area contributed by atoms with Crippen molar-refractivity contribution in [3.63, 3.8) is 0 Å². The monoisotopic (exact) mass is 274 g/mol. The van der Waals surface area contributed by atoms with E-state index in [1.165, 1.54) is 0 Å². The summed E-state index contributed by atoms with van der Waals surface area (Å²) in [6.45, 7) is 7.22. The highest BCUT2D eigenvalue weighted by Crippen LogP contribution is 2.34. The van der Waals surface area contributed by atoms with Crippen LogP contribution in [0, 0.1) is 0 Å². The lowest BCUT2D eigenvalue weighted by Crippen LogP contribution is -2.01. The van der Waals surface area contributed by atoms with Crippen LogP contribution < -0.4 is 15.2 Å². The van der Waals surface area contributed by atoms with Gasteiger partial charge in [0.15, 0.2) is 11.5 Å². The van der Waals surface area contributed by atoms with E-state index in [0.717, 1.165) is 46.6 Å². The Bertz CT molecular complexity index is 597. The van der Waals surface area contributed by atoms with Crippen molar-refractivity contribution in [2.24, 2.45) is 0 Å². The van der Waals surface area contributed by atoms with E-state index in [-0.39, 0.29) is 0 Å². The summed E-state index contributed by atoms with van der Waals surface area (Å²) in [7, 11) is 0. The predicted octanol–water partition coefficient (Wildman–Crippen LogP) is 3.57. The molecule has 0 aliphatic rings. The van der Waals surface area contributed by atoms with Crippen LogP contribution in [0.1, 0.15) is 32.9 Å². The number of nitrogens with two attached hydrogens (primary N) is 1. The molecule has 0 aliphatic heterocycles. The first kappa shape index (κ1) is 14.4. The molecular formula is C16H22N2O2. The van der Waals surface area contributed by atoms with Gasteiger partial charge in [-0.05, 0) is 32.4 Å². The van der Waals surface area contributed by atoms with Gasteiger partial charge in [0.2, 0.25) is 0 Å². The number of hydrogen-bond acceptors (Lipinski definition) is 4. The molecule has 2 rings (SSSR count). The molecule has 0 saturated heterocycles. The molecule has 1 aromatic heterocycles. The molecule has 0 fully saturated rings. The predicted molar refractivity (Wildman–Crippen MR) is 82.5 cm³/mol. The maximum absolute atomic E-state index is 6.14. The molecule has 2 N–H and O–H groups in total. The molecule has 0 unspecified atom stereocenters. The number of rotatable bonds is 6. The number of fused-ring (bicyclic) bond motifs is 1. The van der Waals surface area contributed by atoms with Crippen LogP contribution in [0.25, 0.3) is 10.9 Å². The average molecular weight is 274 g/mol. The number of pyridine rings is 1. The summed E-state index contributed by atoms with van der Waals surface area (Å²) in [5, 5.41) is 0.914. The Labute approximate surface area is 119 Å². The summed E-state index contributed by atoms with van der Waals surface area (Å²) in [6.07, 6.45) is 1.98. The largest absolute Gasteiger partial charge is 0.490 e. The lowest BCUT2D eigenvalue weighted by atomic mass is 10.1. The number of nitrogen functional groups attached to an aromatic ring is 1. The van der Waals surface area contributed by atoms with Crippen molar-refractivity contribution in [1.82, 2.24) is 4.98 Å². The van der Waals surface area contributed by atoms with Gasteiger partial charge in [-0.1, -0.05) is 13.3 Å². The van der Waals surface area contributed by atoms with Crippen LogP contribution in [0.4, 0.5) is 5.69 Å². The highest BCUT2D eigenvalue weighted by atomic mass is 16.5. The number of aryl methyl sites for hydroxylation is 1. The van der Waals surface area contributed by atoms with Crippen LogP contribution in [0.5, 0.6) is 11.5 Å². The van der Waals surface area contributed by atoms with E-state index in [1.807, 2.05) is 32.0 Å². The van der Waals surface area contributed by atoms with Crippen molar-refractivity contribution in [1.29, 1.82) is 0 Å². The molecule has 108 valence electrons. The maximum Gasteiger partial charge on any atom is 0.163 e. The minimum absolute atomic E-state index is 0.590. The first-order valence-electron chi connectivity index (χ1n) is 7.18. The van der Waals surface area contributed by atoms with Crippen molar-refractivity contribution in [2.45, 2.75) is 33.6 Å². The van der Waals surface area contributed by atoms with Gasteiger partial charge in [0.1, 0.15) is 0 Å². The molecule has 0 spiro atoms. The Kier molecular flexibility index (Phi) is 4.66. The zero-order valence-electron chi connectivity index (χ0n) is 12.4. The summed E-state index contributed by atoms with van der Waals surface area (Å²) in [6, 6.07) is 5.78. The standard InChI is InChI=1S/C16H22N2O2/c1-4-7-11-8-13(17)12-9-15(19-5-2)16(20-6-3)10-14(12)18-11/h8-10H,4-7H2,1-3H3,(H2,17,18). The minimum atomic E-state index is 0.590. The van der Waals surface area contributed by atoms with E-state index in [9.17, 15) is 0 Å². The van der Waals surface area contributed by atoms with Crippen molar-refractivity contribution in [3.05, 3.63) is 23.9 Å². The van der Waals surface area contributed by atoms with E-state index >= 15 is 0 Å². The Balaban J connectivity index is 2.57. The van der Waals surface area contributed by atoms with Gasteiger partial charge in [-0.25, -0.2) is 0 Å². The average Bonchev–Trinajstić information content (AvgIpc) is 2.41. The zero-order chi connectivity index (χ0) is 14.5. The van der Waals surface area contributed by atoms with Crippen molar-refractivity contribution in [3.8, 4) is 11.5 Å². The van der Waals surface area contributed by atoms with Crippen LogP contribution in [0.15, 0.2) is 18.2 Å². The summed E-state index contributed by atoms with van der Waals surface area (Å²) in [5.74, 6) is 1.45. The van der Waals surface area contributed by atoms with Crippen LogP contribution in [-0.4, -0.2) is 18.2 Å². The SMILES string of the molecule is CCCc1cc(N)c2cc(OCC)c(OCC)cc2n1. The van der Waals surface area contributed by atoms with Crippen molar-refractivity contribution < 1.29 is 9.47 Å². The molecule has 0 radical (unpaired) electrons. The third-order valence-electron chi connectivity index (χ3n) is 3.07. The van der Waals surface area contributed by atoms with Crippen molar-refractivity contribution >= 4 is 16.6 Å². The van der Waals surface area contributed by atoms with Crippen molar-refractivity contribution in [2.75, 3.05) is 18.9 Å². The third-order valence-corrected chi connectivity index (χ3v) is 3.07. The van der Waals surface area contributed by atoms with Gasteiger partial charge >= 0.3 is 0 Å². The lowest BCUT2D eigenvalue weighted by Gasteiger charge is -2.13. The molecule has 20 heavy (non-hydrogen) atoms. The highest BCUT2D eigenvalue weighted by molar-refractivity contribution is 5.92. The Hall–Kier alpha value is -1.97. The fourth-order valence-corrected chi connectivity index (χ4v) is 2.24. The van der Waals surface area contributed by atoms with Gasteiger partial charge in [-0.2, -0.15) is 0 Å². The Morgan fingerprint density at radius 2 is 1.65 bits per heavy atom. The topological polar surface area (TPSA) is 57.4 Å². The molecule has 1 heterocycles. The Morgan fingerprint density at radius 3 is 2.25 bits per heavy atom. The summed E-state index contributed by atoms with van der Waals surface area (Å²) in [5.41, 5.74) is 8.76. The van der Waals surface area contributed by atoms with E-state index in [0.29, 0.717) is 13.2 Å². The van der Waals surface area contributed by atoms with Crippen LogP contribution in [0.2, 0.25) is 0 Å². The number of benzene rings is 1. The van der Waals surface area contributed by atoms with Gasteiger partial charge < -0.3 is 15.2 Å². The van der Waals surface area contributed by atoms with Gasteiger partial charge in [0.05, 0.1) is 18.7 Å². The molecule has 0 bridgehead atoms. The third kappa shape index (κ3) is 2.95. The van der Waals surface area contributed by atoms with E-state index in [2.05, 4.69) is 11.9 Å². The highest BCUT2D eigenvalue weighted by Gasteiger charge is 2.11. The fraction of sp³-hybridized carbons (Fsp3) is 0.438. The lowest BCUT2D eigenvalue weighted by molar-refractivity contribution is 0.288. The van der Waals surface area contributed by atoms with E-state index < -0.39 is 0 Å². The molecule has 4 nitrogen and oxygen atoms in total.